The summed E-state index contributed by atoms with van der Waals surface area (Å²) in [5.74, 6) is 0.0804. The minimum absolute atomic E-state index is 0. The molecule has 2 atom stereocenters. The summed E-state index contributed by atoms with van der Waals surface area (Å²) in [7, 11) is 0. The van der Waals surface area contributed by atoms with E-state index in [-0.39, 0.29) is 43.1 Å². The smallest absolute Gasteiger partial charge is 0.121 e. The topological polar surface area (TPSA) is 38.3 Å². The van der Waals surface area contributed by atoms with Gasteiger partial charge in [-0.25, -0.2) is 0 Å². The maximum Gasteiger partial charge on any atom is 0.121 e. The quantitative estimate of drug-likeness (QED) is 0.672. The molecule has 1 aliphatic rings. The Hall–Kier alpha value is 0.642. The number of ether oxygens (including phenoxy) is 1. The van der Waals surface area contributed by atoms with Gasteiger partial charge in [0.25, 0.3) is 0 Å². The van der Waals surface area contributed by atoms with Crippen LogP contribution in [-0.2, 0) is 9.53 Å². The first kappa shape index (κ1) is 11.6. The van der Waals surface area contributed by atoms with Gasteiger partial charge in [-0.15, -0.1) is 0 Å². The van der Waals surface area contributed by atoms with E-state index in [4.69, 9.17) is 4.74 Å². The zero-order valence-corrected chi connectivity index (χ0v) is 11.1. The van der Waals surface area contributed by atoms with Crippen molar-refractivity contribution in [2.45, 2.75) is 32.5 Å². The molecule has 1 saturated heterocycles. The van der Waals surface area contributed by atoms with E-state index in [9.17, 15) is 4.79 Å². The molecule has 62 valence electrons. The molecule has 3 nitrogen and oxygen atoms in total. The third-order valence-corrected chi connectivity index (χ3v) is 1.74. The van der Waals surface area contributed by atoms with Gasteiger partial charge in [-0.2, -0.15) is 6.61 Å². The summed E-state index contributed by atoms with van der Waals surface area (Å²) in [6, 6.07) is 0. The second-order valence-electron chi connectivity index (χ2n) is 2.80. The molecule has 0 bridgehead atoms. The van der Waals surface area contributed by atoms with Gasteiger partial charge < -0.3 is 14.8 Å². The molecule has 1 N–H and O–H groups in total. The number of hydrogen-bond acceptors (Lipinski definition) is 3. The minimum atomic E-state index is -0.570. The van der Waals surface area contributed by atoms with E-state index in [0.29, 0.717) is 0 Å². The van der Waals surface area contributed by atoms with Gasteiger partial charge in [-0.1, -0.05) is 6.92 Å². The average Bonchev–Trinajstić information content (AvgIpc) is 2.13. The van der Waals surface area contributed by atoms with Crippen molar-refractivity contribution in [2.24, 2.45) is 0 Å². The van der Waals surface area contributed by atoms with Crippen LogP contribution in [0.5, 0.6) is 0 Å². The Labute approximate surface area is 90.6 Å². The van der Waals surface area contributed by atoms with Crippen molar-refractivity contribution in [3.05, 3.63) is 6.61 Å². The van der Waals surface area contributed by atoms with Crippen LogP contribution in [0, 0.1) is 37.7 Å². The van der Waals surface area contributed by atoms with Crippen molar-refractivity contribution in [1.29, 1.82) is 0 Å². The van der Waals surface area contributed by atoms with Crippen LogP contribution < -0.4 is 5.32 Å². The molecule has 0 aromatic heterocycles. The van der Waals surface area contributed by atoms with Gasteiger partial charge in [0, 0.05) is 31.1 Å². The first-order valence-corrected chi connectivity index (χ1v) is 3.33. The van der Waals surface area contributed by atoms with Gasteiger partial charge in [0.05, 0.1) is 6.23 Å². The molecule has 0 radical (unpaired) electrons. The van der Waals surface area contributed by atoms with Crippen LogP contribution in [0.2, 0.25) is 0 Å². The van der Waals surface area contributed by atoms with E-state index >= 15 is 0 Å². The van der Waals surface area contributed by atoms with E-state index in [1.807, 2.05) is 6.92 Å². The second-order valence-corrected chi connectivity index (χ2v) is 2.80. The molecule has 0 aromatic carbocycles. The first-order valence-electron chi connectivity index (χ1n) is 3.33. The van der Waals surface area contributed by atoms with Gasteiger partial charge in [0.15, 0.2) is 0 Å². The van der Waals surface area contributed by atoms with Crippen LogP contribution in [0.3, 0.4) is 0 Å². The Morgan fingerprint density at radius 1 is 1.73 bits per heavy atom. The second kappa shape index (κ2) is 4.04. The molecule has 0 aliphatic carbocycles. The third kappa shape index (κ3) is 2.55. The first-order chi connectivity index (χ1) is 4.54. The van der Waals surface area contributed by atoms with Crippen molar-refractivity contribution in [1.82, 2.24) is 5.32 Å². The fourth-order valence-electron chi connectivity index (χ4n) is 0.913. The summed E-state index contributed by atoms with van der Waals surface area (Å²) in [6.45, 7) is 6.77. The van der Waals surface area contributed by atoms with E-state index in [2.05, 4.69) is 5.32 Å². The molecule has 2 unspecified atom stereocenters. The number of hydrogen-bond donors (Lipinski definition) is 1. The molecule has 1 aliphatic heterocycles. The van der Waals surface area contributed by atoms with Crippen LogP contribution in [0.15, 0.2) is 0 Å². The number of ketones is 1. The number of nitrogens with one attached hydrogen (secondary N) is 1. The molecule has 1 fully saturated rings. The fraction of sp³-hybridized carbons (Fsp3) is 0.714. The number of carbonyl (C=O) groups excluding carboxylic acids is 1. The van der Waals surface area contributed by atoms with Crippen LogP contribution in [-0.4, -0.2) is 17.6 Å². The molecule has 0 spiro atoms. The van der Waals surface area contributed by atoms with Crippen molar-refractivity contribution >= 4 is 5.78 Å². The van der Waals surface area contributed by atoms with Crippen LogP contribution in [0.4, 0.5) is 0 Å². The predicted octanol–water partition coefficient (Wildman–Crippen LogP) is 0.462. The normalized spacial score (nSPS) is 36.5. The summed E-state index contributed by atoms with van der Waals surface area (Å²) < 4.78 is 5.07. The minimum Gasteiger partial charge on any atom is -0.537 e. The molecular weight excluding hydrogens is 368 g/mol. The molecule has 1 rings (SSSR count). The number of Topliss-reactive ketones (excluding diaryl/α,β-unsaturated/α-hetero) is 1. The third-order valence-electron chi connectivity index (χ3n) is 1.74. The maximum absolute atomic E-state index is 10.9. The Bertz CT molecular complexity index is 163. The van der Waals surface area contributed by atoms with Gasteiger partial charge in [0.1, 0.15) is 5.78 Å². The summed E-state index contributed by atoms with van der Waals surface area (Å²) in [6.07, 6.45) is -0.0473. The van der Waals surface area contributed by atoms with E-state index in [0.717, 1.165) is 0 Å². The van der Waals surface area contributed by atoms with Crippen molar-refractivity contribution in [3.63, 3.8) is 0 Å². The van der Waals surface area contributed by atoms with Crippen LogP contribution in [0.1, 0.15) is 20.8 Å². The fourth-order valence-corrected chi connectivity index (χ4v) is 0.913. The standard InChI is InChI=1S/C7H12NO2.U/c1-5(9)7(3)4-10-6(2)8-7;/h4,6,8H,1-3H3;/q-1;. The Morgan fingerprint density at radius 3 is 2.45 bits per heavy atom. The molecule has 4 heteroatoms. The van der Waals surface area contributed by atoms with Gasteiger partial charge in [-0.05, 0) is 19.4 Å². The molecular formula is C7H12NO2U-. The monoisotopic (exact) mass is 380 g/mol. The van der Waals surface area contributed by atoms with Crippen LogP contribution in [0.25, 0.3) is 0 Å². The molecule has 0 saturated carbocycles. The van der Waals surface area contributed by atoms with E-state index in [1.54, 1.807) is 20.5 Å². The van der Waals surface area contributed by atoms with Crippen molar-refractivity contribution < 1.29 is 40.6 Å². The van der Waals surface area contributed by atoms with E-state index in [1.165, 1.54) is 0 Å². The van der Waals surface area contributed by atoms with Gasteiger partial charge in [0.2, 0.25) is 0 Å². The van der Waals surface area contributed by atoms with Crippen LogP contribution >= 0.6 is 0 Å². The van der Waals surface area contributed by atoms with E-state index < -0.39 is 5.54 Å². The number of rotatable bonds is 1. The zero-order valence-electron chi connectivity index (χ0n) is 6.97. The van der Waals surface area contributed by atoms with Crippen molar-refractivity contribution in [3.8, 4) is 0 Å². The molecule has 0 amide bonds. The average molecular weight is 380 g/mol. The predicted molar refractivity (Wildman–Crippen MR) is 37.1 cm³/mol. The molecule has 0 aromatic rings. The number of carbonyl (C=O) groups is 1. The summed E-state index contributed by atoms with van der Waals surface area (Å²) in [5.41, 5.74) is -0.570. The summed E-state index contributed by atoms with van der Waals surface area (Å²) in [5, 5.41) is 3.00. The maximum atomic E-state index is 10.9. The Balaban J connectivity index is 0.000001000. The largest absolute Gasteiger partial charge is 0.537 e. The zero-order chi connectivity index (χ0) is 7.78. The molecule has 11 heavy (non-hydrogen) atoms. The van der Waals surface area contributed by atoms with Gasteiger partial charge >= 0.3 is 0 Å². The van der Waals surface area contributed by atoms with Crippen molar-refractivity contribution in [2.75, 3.05) is 0 Å². The summed E-state index contributed by atoms with van der Waals surface area (Å²) >= 11 is 0. The SMILES string of the molecule is CC(=O)C1(C)[CH-]OC(C)N1.[U]. The Kier molecular flexibility index (Phi) is 4.28. The van der Waals surface area contributed by atoms with Gasteiger partial charge in [-0.3, -0.25) is 0 Å². The molecule has 1 heterocycles. The summed E-state index contributed by atoms with van der Waals surface area (Å²) in [4.78, 5) is 10.9. The Morgan fingerprint density at radius 2 is 2.27 bits per heavy atom.